The number of methoxy groups -OCH3 is 1. The third-order valence-electron chi connectivity index (χ3n) is 2.82. The van der Waals surface area contributed by atoms with E-state index in [0.29, 0.717) is 0 Å². The van der Waals surface area contributed by atoms with E-state index < -0.39 is 33.3 Å². The lowest BCUT2D eigenvalue weighted by atomic mass is 10.3. The second-order valence-corrected chi connectivity index (χ2v) is 7.32. The van der Waals surface area contributed by atoms with Crippen molar-refractivity contribution in [2.24, 2.45) is 0 Å². The van der Waals surface area contributed by atoms with Crippen LogP contribution < -0.4 is 5.32 Å². The highest BCUT2D eigenvalue weighted by molar-refractivity contribution is 7.92. The summed E-state index contributed by atoms with van der Waals surface area (Å²) in [4.78, 5) is 23.3. The molecule has 6 nitrogen and oxygen atoms in total. The Bertz CT molecular complexity index is 827. The molecule has 0 bridgehead atoms. The summed E-state index contributed by atoms with van der Waals surface area (Å²) >= 11 is 1.07. The molecule has 0 aliphatic rings. The standard InChI is InChI=1S/C14H12FNO5S2/c1-21-14(18)11-6-7-22-13(11)16-12(17)8-23(19,20)10-4-2-9(15)3-5-10/h2-7H,8H2,1H3,(H,16,17). The number of rotatable bonds is 5. The van der Waals surface area contributed by atoms with E-state index in [-0.39, 0.29) is 15.5 Å². The minimum atomic E-state index is -3.91. The van der Waals surface area contributed by atoms with Gasteiger partial charge in [-0.05, 0) is 35.7 Å². The molecular weight excluding hydrogens is 345 g/mol. The SMILES string of the molecule is COC(=O)c1ccsc1NC(=O)CS(=O)(=O)c1ccc(F)cc1. The van der Waals surface area contributed by atoms with E-state index in [4.69, 9.17) is 0 Å². The van der Waals surface area contributed by atoms with Gasteiger partial charge in [0.1, 0.15) is 16.6 Å². The molecule has 0 saturated carbocycles. The molecule has 0 aliphatic heterocycles. The number of esters is 1. The predicted octanol–water partition coefficient (Wildman–Crippen LogP) is 2.09. The number of amides is 1. The predicted molar refractivity (Wildman–Crippen MR) is 82.7 cm³/mol. The highest BCUT2D eigenvalue weighted by atomic mass is 32.2. The van der Waals surface area contributed by atoms with Gasteiger partial charge in [-0.3, -0.25) is 4.79 Å². The highest BCUT2D eigenvalue weighted by Gasteiger charge is 2.22. The van der Waals surface area contributed by atoms with Crippen molar-refractivity contribution in [1.29, 1.82) is 0 Å². The van der Waals surface area contributed by atoms with Gasteiger partial charge in [-0.25, -0.2) is 17.6 Å². The van der Waals surface area contributed by atoms with Crippen LogP contribution in [-0.4, -0.2) is 33.2 Å². The van der Waals surface area contributed by atoms with E-state index in [1.807, 2.05) is 0 Å². The van der Waals surface area contributed by atoms with E-state index in [1.165, 1.54) is 13.2 Å². The quantitative estimate of drug-likeness (QED) is 0.654. The lowest BCUT2D eigenvalue weighted by Gasteiger charge is -2.06. The maximum Gasteiger partial charge on any atom is 0.340 e. The summed E-state index contributed by atoms with van der Waals surface area (Å²) in [5, 5.41) is 4.14. The summed E-state index contributed by atoms with van der Waals surface area (Å²) in [6.45, 7) is 0. The fraction of sp³-hybridized carbons (Fsp3) is 0.143. The number of hydrogen-bond donors (Lipinski definition) is 1. The summed E-state index contributed by atoms with van der Waals surface area (Å²) in [6.07, 6.45) is 0. The van der Waals surface area contributed by atoms with Crippen molar-refractivity contribution in [1.82, 2.24) is 0 Å². The molecule has 0 atom stereocenters. The summed E-state index contributed by atoms with van der Waals surface area (Å²) in [5.74, 6) is -2.84. The number of sulfone groups is 1. The zero-order chi connectivity index (χ0) is 17.0. The molecule has 23 heavy (non-hydrogen) atoms. The van der Waals surface area contributed by atoms with Crippen LogP contribution in [0.2, 0.25) is 0 Å². The molecule has 2 rings (SSSR count). The van der Waals surface area contributed by atoms with E-state index in [0.717, 1.165) is 35.6 Å². The normalized spacial score (nSPS) is 11.0. The lowest BCUT2D eigenvalue weighted by molar-refractivity contribution is -0.113. The molecule has 2 aromatic rings. The first-order chi connectivity index (χ1) is 10.8. The van der Waals surface area contributed by atoms with Gasteiger partial charge in [-0.15, -0.1) is 11.3 Å². The summed E-state index contributed by atoms with van der Waals surface area (Å²) < 4.78 is 41.6. The van der Waals surface area contributed by atoms with E-state index in [2.05, 4.69) is 10.1 Å². The van der Waals surface area contributed by atoms with Crippen molar-refractivity contribution in [3.05, 3.63) is 47.1 Å². The van der Waals surface area contributed by atoms with E-state index in [1.54, 1.807) is 5.38 Å². The molecule has 1 heterocycles. The Balaban J connectivity index is 2.12. The van der Waals surface area contributed by atoms with Gasteiger partial charge in [0, 0.05) is 0 Å². The first-order valence-corrected chi connectivity index (χ1v) is 8.80. The van der Waals surface area contributed by atoms with Crippen LogP contribution >= 0.6 is 11.3 Å². The van der Waals surface area contributed by atoms with Gasteiger partial charge in [-0.2, -0.15) is 0 Å². The summed E-state index contributed by atoms with van der Waals surface area (Å²) in [5.41, 5.74) is 0.144. The minimum Gasteiger partial charge on any atom is -0.465 e. The lowest BCUT2D eigenvalue weighted by Crippen LogP contribution is -2.23. The maximum atomic E-state index is 12.8. The average Bonchev–Trinajstić information content (AvgIpc) is 2.94. The molecule has 0 fully saturated rings. The molecule has 1 aromatic heterocycles. The molecule has 0 spiro atoms. The van der Waals surface area contributed by atoms with Crippen LogP contribution in [0.25, 0.3) is 0 Å². The fourth-order valence-electron chi connectivity index (χ4n) is 1.74. The number of carbonyl (C=O) groups excluding carboxylic acids is 2. The number of thiophene rings is 1. The summed E-state index contributed by atoms with van der Waals surface area (Å²) in [7, 11) is -2.71. The van der Waals surface area contributed by atoms with Crippen molar-refractivity contribution >= 4 is 38.1 Å². The Labute approximate surface area is 135 Å². The first-order valence-electron chi connectivity index (χ1n) is 6.27. The van der Waals surface area contributed by atoms with Crippen LogP contribution in [0, 0.1) is 5.82 Å². The zero-order valence-corrected chi connectivity index (χ0v) is 13.5. The van der Waals surface area contributed by atoms with Gasteiger partial charge in [-0.1, -0.05) is 0 Å². The largest absolute Gasteiger partial charge is 0.465 e. The minimum absolute atomic E-state index is 0.144. The molecule has 122 valence electrons. The smallest absolute Gasteiger partial charge is 0.340 e. The Hall–Kier alpha value is -2.26. The van der Waals surface area contributed by atoms with Gasteiger partial charge in [0.15, 0.2) is 9.84 Å². The van der Waals surface area contributed by atoms with Gasteiger partial charge >= 0.3 is 5.97 Å². The van der Waals surface area contributed by atoms with Gasteiger partial charge < -0.3 is 10.1 Å². The molecular formula is C14H12FNO5S2. The Kier molecular flexibility index (Phi) is 5.12. The molecule has 0 radical (unpaired) electrons. The topological polar surface area (TPSA) is 89.5 Å². The Morgan fingerprint density at radius 2 is 1.87 bits per heavy atom. The second kappa shape index (κ2) is 6.88. The molecule has 1 amide bonds. The van der Waals surface area contributed by atoms with Crippen LogP contribution in [0.15, 0.2) is 40.6 Å². The van der Waals surface area contributed by atoms with Crippen LogP contribution in [0.4, 0.5) is 9.39 Å². The Morgan fingerprint density at radius 1 is 1.22 bits per heavy atom. The number of ether oxygens (including phenoxy) is 1. The van der Waals surface area contributed by atoms with Crippen molar-refractivity contribution in [3.63, 3.8) is 0 Å². The highest BCUT2D eigenvalue weighted by Crippen LogP contribution is 2.24. The van der Waals surface area contributed by atoms with E-state index in [9.17, 15) is 22.4 Å². The van der Waals surface area contributed by atoms with E-state index >= 15 is 0 Å². The molecule has 1 aromatic carbocycles. The Morgan fingerprint density at radius 3 is 2.48 bits per heavy atom. The number of carbonyl (C=O) groups is 2. The van der Waals surface area contributed by atoms with Crippen molar-refractivity contribution < 1.29 is 27.1 Å². The van der Waals surface area contributed by atoms with Crippen LogP contribution in [-0.2, 0) is 19.4 Å². The zero-order valence-electron chi connectivity index (χ0n) is 11.9. The number of halogens is 1. The van der Waals surface area contributed by atoms with Crippen LogP contribution in [0.3, 0.4) is 0 Å². The number of nitrogens with one attached hydrogen (secondary N) is 1. The maximum absolute atomic E-state index is 12.8. The molecule has 9 heteroatoms. The van der Waals surface area contributed by atoms with Gasteiger partial charge in [0.25, 0.3) is 0 Å². The molecule has 0 unspecified atom stereocenters. The third kappa shape index (κ3) is 4.14. The number of benzene rings is 1. The number of anilines is 1. The van der Waals surface area contributed by atoms with Gasteiger partial charge in [0.2, 0.25) is 5.91 Å². The van der Waals surface area contributed by atoms with Crippen LogP contribution in [0.5, 0.6) is 0 Å². The number of hydrogen-bond acceptors (Lipinski definition) is 6. The van der Waals surface area contributed by atoms with Gasteiger partial charge in [0.05, 0.1) is 17.6 Å². The van der Waals surface area contributed by atoms with Crippen molar-refractivity contribution in [2.75, 3.05) is 18.2 Å². The monoisotopic (exact) mass is 357 g/mol. The van der Waals surface area contributed by atoms with Crippen LogP contribution in [0.1, 0.15) is 10.4 Å². The fourth-order valence-corrected chi connectivity index (χ4v) is 3.66. The summed E-state index contributed by atoms with van der Waals surface area (Å²) in [6, 6.07) is 5.63. The molecule has 0 saturated heterocycles. The molecule has 1 N–H and O–H groups in total. The molecule has 0 aliphatic carbocycles. The average molecular weight is 357 g/mol. The second-order valence-electron chi connectivity index (χ2n) is 4.42. The van der Waals surface area contributed by atoms with Crippen molar-refractivity contribution in [2.45, 2.75) is 4.90 Å². The first kappa shape index (κ1) is 17.1. The van der Waals surface area contributed by atoms with Crippen molar-refractivity contribution in [3.8, 4) is 0 Å². The third-order valence-corrected chi connectivity index (χ3v) is 5.28.